The zero-order valence-electron chi connectivity index (χ0n) is 34.3. The predicted octanol–water partition coefficient (Wildman–Crippen LogP) is -2.99. The van der Waals surface area contributed by atoms with Gasteiger partial charge in [-0.1, -0.05) is 0 Å². The first-order valence-electron chi connectivity index (χ1n) is 18.5. The van der Waals surface area contributed by atoms with E-state index in [1.165, 1.54) is 44.1 Å². The molecular formula is C40H64Br4N8. The van der Waals surface area contributed by atoms with Gasteiger partial charge < -0.3 is 67.9 Å². The van der Waals surface area contributed by atoms with Crippen LogP contribution in [0.5, 0.6) is 0 Å². The van der Waals surface area contributed by atoms with Crippen LogP contribution in [-0.4, -0.2) is 18.3 Å². The van der Waals surface area contributed by atoms with Gasteiger partial charge in [0, 0.05) is 24.3 Å². The van der Waals surface area contributed by atoms with Crippen LogP contribution in [0.2, 0.25) is 0 Å². The molecule has 0 saturated heterocycles. The first-order valence-corrected chi connectivity index (χ1v) is 18.5. The summed E-state index contributed by atoms with van der Waals surface area (Å²) >= 11 is 0. The Kier molecular flexibility index (Phi) is 17.4. The van der Waals surface area contributed by atoms with Gasteiger partial charge >= 0.3 is 0 Å². The summed E-state index contributed by atoms with van der Waals surface area (Å²) in [6.07, 6.45) is 9.10. The lowest BCUT2D eigenvalue weighted by molar-refractivity contribution is -0.696. The van der Waals surface area contributed by atoms with Gasteiger partial charge in [-0.2, -0.15) is 0 Å². The molecule has 0 aliphatic carbocycles. The molecule has 52 heavy (non-hydrogen) atoms. The summed E-state index contributed by atoms with van der Waals surface area (Å²) in [7, 11) is 0. The molecule has 0 bridgehead atoms. The Balaban J connectivity index is 0.000000483. The van der Waals surface area contributed by atoms with E-state index in [1.54, 1.807) is 0 Å². The SMILES string of the molecule is CC(C)n1c[n+](C(C)C)c2cc3c(cc21)n(C(C)C)c[n+]3C(C)C.CC(C)n1c[n+](C(C)C)c2cc3c(cc21)n(C(C)C)c[n+]3C(C)C.[Br-].[Br-].[Br-].[Br-]. The van der Waals surface area contributed by atoms with E-state index in [0.29, 0.717) is 48.3 Å². The van der Waals surface area contributed by atoms with Crippen molar-refractivity contribution >= 4 is 44.1 Å². The van der Waals surface area contributed by atoms with Crippen LogP contribution >= 0.6 is 0 Å². The Bertz CT molecular complexity index is 1650. The maximum Gasteiger partial charge on any atom is 0.245 e. The standard InChI is InChI=1S/2C20H32N4.4BrH/c2*1-13(2)21-11-22(14(3)4)18-10-20-19(9-17(18)21)23(15(5)6)12-24(20)16(7)8;;;;/h2*9-16H,1-8H3;4*1H/q2*+2;;;;/p-4. The molecule has 8 nitrogen and oxygen atoms in total. The molecule has 0 spiro atoms. The van der Waals surface area contributed by atoms with E-state index in [1.807, 2.05) is 0 Å². The summed E-state index contributed by atoms with van der Waals surface area (Å²) in [6, 6.07) is 13.1. The van der Waals surface area contributed by atoms with Crippen molar-refractivity contribution in [3.05, 3.63) is 49.6 Å². The van der Waals surface area contributed by atoms with Gasteiger partial charge in [0.25, 0.3) is 0 Å². The van der Waals surface area contributed by atoms with Crippen molar-refractivity contribution in [1.29, 1.82) is 0 Å². The quantitative estimate of drug-likeness (QED) is 0.146. The molecule has 4 aromatic heterocycles. The molecule has 6 aromatic rings. The summed E-state index contributed by atoms with van der Waals surface area (Å²) in [5.41, 5.74) is 10.6. The number of fused-ring (bicyclic) bond motifs is 4. The van der Waals surface area contributed by atoms with E-state index in [4.69, 9.17) is 0 Å². The molecule has 12 heteroatoms. The monoisotopic (exact) mass is 972 g/mol. The van der Waals surface area contributed by atoms with Gasteiger partial charge in [-0.15, -0.1) is 0 Å². The maximum absolute atomic E-state index is 2.39. The van der Waals surface area contributed by atoms with Crippen molar-refractivity contribution in [2.75, 3.05) is 0 Å². The molecule has 0 saturated carbocycles. The number of hydrogen-bond acceptors (Lipinski definition) is 0. The minimum absolute atomic E-state index is 0. The largest absolute Gasteiger partial charge is 1.00 e. The molecule has 292 valence electrons. The molecule has 6 rings (SSSR count). The summed E-state index contributed by atoms with van der Waals surface area (Å²) < 4.78 is 19.2. The highest BCUT2D eigenvalue weighted by Crippen LogP contribution is 2.27. The van der Waals surface area contributed by atoms with Crippen LogP contribution in [0.15, 0.2) is 49.6 Å². The Labute approximate surface area is 354 Å². The fourth-order valence-corrected chi connectivity index (χ4v) is 7.09. The normalized spacial score (nSPS) is 11.8. The van der Waals surface area contributed by atoms with Crippen molar-refractivity contribution in [3.63, 3.8) is 0 Å². The van der Waals surface area contributed by atoms with Crippen LogP contribution in [-0.2, 0) is 0 Å². The lowest BCUT2D eigenvalue weighted by atomic mass is 10.2. The number of imidazole rings is 4. The van der Waals surface area contributed by atoms with Crippen LogP contribution in [0.4, 0.5) is 0 Å². The van der Waals surface area contributed by atoms with E-state index in [9.17, 15) is 0 Å². The van der Waals surface area contributed by atoms with Crippen molar-refractivity contribution in [3.8, 4) is 0 Å². The lowest BCUT2D eigenvalue weighted by Crippen LogP contribution is -3.00. The first-order chi connectivity index (χ1) is 22.4. The van der Waals surface area contributed by atoms with Gasteiger partial charge in [0.05, 0.1) is 48.3 Å². The molecule has 0 amide bonds. The van der Waals surface area contributed by atoms with Gasteiger partial charge in [-0.05, 0) is 111 Å². The van der Waals surface area contributed by atoms with Gasteiger partial charge in [0.2, 0.25) is 25.3 Å². The molecule has 0 fully saturated rings. The summed E-state index contributed by atoms with van der Waals surface area (Å²) in [4.78, 5) is 0. The fraction of sp³-hybridized carbons (Fsp3) is 0.600. The lowest BCUT2D eigenvalue weighted by Gasteiger charge is -2.02. The summed E-state index contributed by atoms with van der Waals surface area (Å²) in [6.45, 7) is 36.1. The first kappa shape index (κ1) is 48.3. The van der Waals surface area contributed by atoms with Gasteiger partial charge in [-0.3, -0.25) is 0 Å². The molecule has 2 aromatic carbocycles. The van der Waals surface area contributed by atoms with Crippen molar-refractivity contribution < 1.29 is 86.2 Å². The smallest absolute Gasteiger partial charge is 0.245 e. The van der Waals surface area contributed by atoms with E-state index in [-0.39, 0.29) is 67.9 Å². The number of aromatic nitrogens is 8. The maximum atomic E-state index is 2.39. The highest BCUT2D eigenvalue weighted by Gasteiger charge is 2.29. The van der Waals surface area contributed by atoms with Crippen molar-refractivity contribution in [1.82, 2.24) is 18.3 Å². The Morgan fingerprint density at radius 2 is 0.481 bits per heavy atom. The minimum atomic E-state index is 0. The minimum Gasteiger partial charge on any atom is -1.00 e. The summed E-state index contributed by atoms with van der Waals surface area (Å²) in [5.74, 6) is 0. The number of hydrogen-bond donors (Lipinski definition) is 0. The fourth-order valence-electron chi connectivity index (χ4n) is 7.09. The van der Waals surface area contributed by atoms with Crippen LogP contribution in [0.25, 0.3) is 44.1 Å². The number of benzene rings is 2. The second-order valence-electron chi connectivity index (χ2n) is 16.1. The number of halogens is 4. The van der Waals surface area contributed by atoms with Crippen LogP contribution in [0.1, 0.15) is 159 Å². The van der Waals surface area contributed by atoms with Gasteiger partial charge in [-0.25, -0.2) is 36.5 Å². The zero-order valence-corrected chi connectivity index (χ0v) is 40.7. The second kappa shape index (κ2) is 18.7. The van der Waals surface area contributed by atoms with Crippen LogP contribution in [0.3, 0.4) is 0 Å². The highest BCUT2D eigenvalue weighted by atomic mass is 79.9. The Morgan fingerprint density at radius 3 is 0.615 bits per heavy atom. The van der Waals surface area contributed by atoms with E-state index < -0.39 is 0 Å². The zero-order chi connectivity index (χ0) is 35.5. The predicted molar refractivity (Wildman–Crippen MR) is 199 cm³/mol. The van der Waals surface area contributed by atoms with E-state index in [2.05, 4.69) is 197 Å². The molecule has 0 aliphatic rings. The Hall–Kier alpha value is -1.76. The average Bonchev–Trinajstić information content (AvgIpc) is 3.74. The number of nitrogens with zero attached hydrogens (tertiary/aromatic N) is 8. The van der Waals surface area contributed by atoms with Gasteiger partial charge in [0.1, 0.15) is 0 Å². The molecule has 4 heterocycles. The third-order valence-corrected chi connectivity index (χ3v) is 9.81. The van der Waals surface area contributed by atoms with Crippen LogP contribution < -0.4 is 86.2 Å². The van der Waals surface area contributed by atoms with Crippen LogP contribution in [0, 0.1) is 0 Å². The molecule has 0 unspecified atom stereocenters. The molecule has 0 radical (unpaired) electrons. The van der Waals surface area contributed by atoms with E-state index in [0.717, 1.165) is 0 Å². The highest BCUT2D eigenvalue weighted by molar-refractivity contribution is 5.89. The molecule has 0 N–H and O–H groups in total. The molecule has 0 atom stereocenters. The average molecular weight is 977 g/mol. The second-order valence-corrected chi connectivity index (χ2v) is 16.1. The number of rotatable bonds is 8. The molecule has 0 aliphatic heterocycles. The topological polar surface area (TPSA) is 35.2 Å². The Morgan fingerprint density at radius 1 is 0.308 bits per heavy atom. The van der Waals surface area contributed by atoms with Crippen molar-refractivity contribution in [2.45, 2.75) is 159 Å². The third kappa shape index (κ3) is 8.86. The van der Waals surface area contributed by atoms with Crippen molar-refractivity contribution in [2.24, 2.45) is 0 Å². The third-order valence-electron chi connectivity index (χ3n) is 9.81. The molecular weight excluding hydrogens is 912 g/mol. The van der Waals surface area contributed by atoms with Gasteiger partial charge in [0.15, 0.2) is 44.1 Å². The van der Waals surface area contributed by atoms with E-state index >= 15 is 0 Å². The summed E-state index contributed by atoms with van der Waals surface area (Å²) in [5, 5.41) is 0.